The Balaban J connectivity index is 1.65. The Kier molecular flexibility index (Phi) is 5.36. The first-order valence-corrected chi connectivity index (χ1v) is 8.26. The van der Waals surface area contributed by atoms with E-state index < -0.39 is 0 Å². The molecule has 2 amide bonds. The maximum atomic E-state index is 12.0. The molecule has 8 nitrogen and oxygen atoms in total. The molecule has 0 atom stereocenters. The van der Waals surface area contributed by atoms with Crippen molar-refractivity contribution in [1.29, 1.82) is 5.41 Å². The highest BCUT2D eigenvalue weighted by atomic mass is 16.2. The summed E-state index contributed by atoms with van der Waals surface area (Å²) >= 11 is 0. The highest BCUT2D eigenvalue weighted by molar-refractivity contribution is 6.13. The van der Waals surface area contributed by atoms with Gasteiger partial charge in [-0.1, -0.05) is 30.3 Å². The van der Waals surface area contributed by atoms with Gasteiger partial charge in [-0.3, -0.25) is 10.7 Å². The zero-order valence-corrected chi connectivity index (χ0v) is 14.7. The fourth-order valence-electron chi connectivity index (χ4n) is 2.45. The molecular formula is C19H19N7O. The summed E-state index contributed by atoms with van der Waals surface area (Å²) in [6.07, 6.45) is 2.96. The van der Waals surface area contributed by atoms with E-state index in [2.05, 4.69) is 25.8 Å². The van der Waals surface area contributed by atoms with Crippen LogP contribution in [0.3, 0.4) is 0 Å². The summed E-state index contributed by atoms with van der Waals surface area (Å²) in [5, 5.41) is 21.4. The van der Waals surface area contributed by atoms with Gasteiger partial charge in [0.15, 0.2) is 0 Å². The van der Waals surface area contributed by atoms with Crippen LogP contribution in [0.25, 0.3) is 0 Å². The summed E-state index contributed by atoms with van der Waals surface area (Å²) in [6.45, 7) is 2.20. The molecule has 0 saturated carbocycles. The molecule has 0 fully saturated rings. The number of amides is 2. The lowest BCUT2D eigenvalue weighted by atomic mass is 10.0. The van der Waals surface area contributed by atoms with Crippen molar-refractivity contribution in [1.82, 2.24) is 20.5 Å². The molecule has 0 aliphatic heterocycles. The summed E-state index contributed by atoms with van der Waals surface area (Å²) in [4.78, 5) is 16.2. The van der Waals surface area contributed by atoms with Gasteiger partial charge in [0, 0.05) is 35.6 Å². The molecule has 8 heteroatoms. The van der Waals surface area contributed by atoms with Crippen molar-refractivity contribution in [3.63, 3.8) is 0 Å². The Bertz CT molecular complexity index is 973. The molecule has 0 unspecified atom stereocenters. The molecule has 3 aromatic rings. The number of nitrogens with zero attached hydrogens (tertiary/aromatic N) is 3. The van der Waals surface area contributed by atoms with Crippen LogP contribution < -0.4 is 16.4 Å². The molecule has 0 saturated heterocycles. The summed E-state index contributed by atoms with van der Waals surface area (Å²) in [6, 6.07) is 12.5. The average Bonchev–Trinajstić information content (AvgIpc) is 2.67. The van der Waals surface area contributed by atoms with Gasteiger partial charge in [0.05, 0.1) is 17.6 Å². The van der Waals surface area contributed by atoms with Gasteiger partial charge in [0.2, 0.25) is 0 Å². The van der Waals surface area contributed by atoms with Gasteiger partial charge in [0.1, 0.15) is 5.82 Å². The summed E-state index contributed by atoms with van der Waals surface area (Å²) in [7, 11) is 0. The van der Waals surface area contributed by atoms with E-state index in [1.165, 1.54) is 18.5 Å². The van der Waals surface area contributed by atoms with Crippen molar-refractivity contribution >= 4 is 23.2 Å². The van der Waals surface area contributed by atoms with Crippen LogP contribution in [0.4, 0.5) is 16.3 Å². The van der Waals surface area contributed by atoms with Crippen LogP contribution in [0.1, 0.15) is 22.4 Å². The van der Waals surface area contributed by atoms with E-state index in [0.717, 1.165) is 5.56 Å². The average molecular weight is 361 g/mol. The molecule has 136 valence electrons. The Morgan fingerprint density at radius 2 is 1.96 bits per heavy atom. The third kappa shape index (κ3) is 4.63. The predicted molar refractivity (Wildman–Crippen MR) is 104 cm³/mol. The number of carbonyl (C=O) groups excluding carboxylic acids is 1. The number of anilines is 2. The number of hydrogen-bond donors (Lipinski definition) is 4. The minimum atomic E-state index is -0.387. The molecule has 2 heterocycles. The number of urea groups is 1. The molecule has 0 aliphatic rings. The molecule has 0 aliphatic carbocycles. The van der Waals surface area contributed by atoms with Crippen LogP contribution in [0, 0.1) is 12.3 Å². The molecule has 3 rings (SSSR count). The van der Waals surface area contributed by atoms with E-state index in [0.29, 0.717) is 34.9 Å². The molecule has 0 bridgehead atoms. The fourth-order valence-corrected chi connectivity index (χ4v) is 2.45. The van der Waals surface area contributed by atoms with Crippen molar-refractivity contribution in [3.05, 3.63) is 77.2 Å². The first-order chi connectivity index (χ1) is 13.0. The van der Waals surface area contributed by atoms with E-state index in [4.69, 9.17) is 11.1 Å². The molecule has 5 N–H and O–H groups in total. The first kappa shape index (κ1) is 18.0. The Morgan fingerprint density at radius 1 is 1.19 bits per heavy atom. The second-order valence-corrected chi connectivity index (χ2v) is 5.91. The Hall–Kier alpha value is -3.81. The topological polar surface area (TPSA) is 130 Å². The maximum Gasteiger partial charge on any atom is 0.320 e. The van der Waals surface area contributed by atoms with Gasteiger partial charge in [-0.05, 0) is 18.6 Å². The predicted octanol–water partition coefficient (Wildman–Crippen LogP) is 2.50. The van der Waals surface area contributed by atoms with E-state index in [1.54, 1.807) is 13.0 Å². The Labute approximate surface area is 156 Å². The number of hydrogen-bond acceptors (Lipinski definition) is 6. The van der Waals surface area contributed by atoms with E-state index in [1.807, 2.05) is 30.3 Å². The van der Waals surface area contributed by atoms with Crippen molar-refractivity contribution in [2.45, 2.75) is 13.5 Å². The molecule has 27 heavy (non-hydrogen) atoms. The fraction of sp³-hybridized carbons (Fsp3) is 0.105. The number of benzene rings is 1. The normalized spacial score (nSPS) is 10.3. The lowest BCUT2D eigenvalue weighted by Gasteiger charge is -2.11. The van der Waals surface area contributed by atoms with Gasteiger partial charge in [0.25, 0.3) is 0 Å². The first-order valence-electron chi connectivity index (χ1n) is 8.26. The van der Waals surface area contributed by atoms with Gasteiger partial charge in [-0.15, -0.1) is 0 Å². The van der Waals surface area contributed by atoms with E-state index in [9.17, 15) is 4.79 Å². The minimum Gasteiger partial charge on any atom is -0.398 e. The van der Waals surface area contributed by atoms with Crippen LogP contribution in [-0.4, -0.2) is 26.9 Å². The number of aromatic nitrogens is 3. The second-order valence-electron chi connectivity index (χ2n) is 5.91. The van der Waals surface area contributed by atoms with Gasteiger partial charge in [-0.25, -0.2) is 9.78 Å². The quantitative estimate of drug-likeness (QED) is 0.519. The van der Waals surface area contributed by atoms with E-state index >= 15 is 0 Å². The van der Waals surface area contributed by atoms with Crippen LogP contribution in [0.5, 0.6) is 0 Å². The number of nitrogens with two attached hydrogens (primary N) is 1. The van der Waals surface area contributed by atoms with Gasteiger partial charge >= 0.3 is 6.03 Å². The number of pyridine rings is 1. The molecule has 1 aromatic carbocycles. The molecular weight excluding hydrogens is 342 g/mol. The third-order valence-corrected chi connectivity index (χ3v) is 3.81. The second kappa shape index (κ2) is 8.05. The lowest BCUT2D eigenvalue weighted by Crippen LogP contribution is -2.28. The highest BCUT2D eigenvalue weighted by Crippen LogP contribution is 2.18. The van der Waals surface area contributed by atoms with Crippen molar-refractivity contribution in [2.75, 3.05) is 11.1 Å². The zero-order chi connectivity index (χ0) is 19.2. The van der Waals surface area contributed by atoms with Crippen LogP contribution >= 0.6 is 0 Å². The van der Waals surface area contributed by atoms with Crippen LogP contribution in [0.2, 0.25) is 0 Å². The monoisotopic (exact) mass is 361 g/mol. The molecule has 2 aromatic heterocycles. The smallest absolute Gasteiger partial charge is 0.320 e. The summed E-state index contributed by atoms with van der Waals surface area (Å²) < 4.78 is 0. The maximum absolute atomic E-state index is 12.0. The SMILES string of the molecule is Cc1cc(C(=N)c2cnc(NC(=O)NCc3ccccc3)cc2N)cnn1. The van der Waals surface area contributed by atoms with Crippen LogP contribution in [0.15, 0.2) is 54.9 Å². The summed E-state index contributed by atoms with van der Waals surface area (Å²) in [5.41, 5.74) is 9.33. The molecule has 0 spiro atoms. The highest BCUT2D eigenvalue weighted by Gasteiger charge is 2.12. The van der Waals surface area contributed by atoms with Crippen molar-refractivity contribution in [3.8, 4) is 0 Å². The number of nitrogen functional groups attached to an aromatic ring is 1. The molecule has 0 radical (unpaired) electrons. The van der Waals surface area contributed by atoms with E-state index in [-0.39, 0.29) is 11.7 Å². The largest absolute Gasteiger partial charge is 0.398 e. The number of aryl methyl sites for hydroxylation is 1. The number of nitrogens with one attached hydrogen (secondary N) is 3. The zero-order valence-electron chi connectivity index (χ0n) is 14.7. The van der Waals surface area contributed by atoms with Crippen LogP contribution in [-0.2, 0) is 6.54 Å². The third-order valence-electron chi connectivity index (χ3n) is 3.81. The van der Waals surface area contributed by atoms with Crippen molar-refractivity contribution in [2.24, 2.45) is 0 Å². The number of rotatable bonds is 5. The lowest BCUT2D eigenvalue weighted by molar-refractivity contribution is 0.251. The number of carbonyl (C=O) groups is 1. The minimum absolute atomic E-state index is 0.193. The van der Waals surface area contributed by atoms with Gasteiger partial charge in [-0.2, -0.15) is 10.2 Å². The standard InChI is InChI=1S/C19H19N7O/c1-12-7-14(10-24-26-12)18(21)15-11-22-17(8-16(15)20)25-19(27)23-9-13-5-3-2-4-6-13/h2-8,10-11,21H,9H2,1H3,(H4,20,22,23,25,27). The van der Waals surface area contributed by atoms with Gasteiger partial charge < -0.3 is 11.1 Å². The van der Waals surface area contributed by atoms with Crippen molar-refractivity contribution < 1.29 is 4.79 Å². The summed E-state index contributed by atoms with van der Waals surface area (Å²) in [5.74, 6) is 0.304. The Morgan fingerprint density at radius 3 is 2.67 bits per heavy atom.